The first kappa shape index (κ1) is 14.0. The van der Waals surface area contributed by atoms with E-state index in [0.717, 1.165) is 19.6 Å². The highest BCUT2D eigenvalue weighted by atomic mass is 16.5. The second-order valence-electron chi connectivity index (χ2n) is 4.87. The number of nitrogens with zero attached hydrogens (tertiary/aromatic N) is 1. The van der Waals surface area contributed by atoms with Gasteiger partial charge < -0.3 is 10.1 Å². The van der Waals surface area contributed by atoms with Crippen LogP contribution in [0.2, 0.25) is 0 Å². The van der Waals surface area contributed by atoms with Gasteiger partial charge in [-0.3, -0.25) is 9.69 Å². The number of ether oxygens (including phenoxy) is 1. The third-order valence-electron chi connectivity index (χ3n) is 3.55. The highest BCUT2D eigenvalue weighted by Gasteiger charge is 2.29. The molecular formula is C15H22N2O2. The fraction of sp³-hybridized carbons (Fsp3) is 0.533. The molecule has 1 fully saturated rings. The minimum atomic E-state index is -0.173. The predicted molar refractivity (Wildman–Crippen MR) is 74.9 cm³/mol. The summed E-state index contributed by atoms with van der Waals surface area (Å²) in [6.07, 6.45) is 0. The molecule has 0 saturated carbocycles. The molecule has 19 heavy (non-hydrogen) atoms. The van der Waals surface area contributed by atoms with Crippen LogP contribution in [0.3, 0.4) is 0 Å². The molecule has 1 heterocycles. The number of aryl methyl sites for hydroxylation is 1. The van der Waals surface area contributed by atoms with Gasteiger partial charge in [-0.25, -0.2) is 0 Å². The number of nitrogens with one attached hydrogen (secondary N) is 1. The summed E-state index contributed by atoms with van der Waals surface area (Å²) in [4.78, 5) is 14.2. The Hall–Kier alpha value is -1.39. The SMILES string of the molecule is CCOC(=O)C1CNCCN1Cc1ccccc1C. The van der Waals surface area contributed by atoms with Crippen LogP contribution in [0.1, 0.15) is 18.1 Å². The molecule has 1 aromatic rings. The van der Waals surface area contributed by atoms with Crippen LogP contribution < -0.4 is 5.32 Å². The van der Waals surface area contributed by atoms with Crippen LogP contribution in [0.25, 0.3) is 0 Å². The monoisotopic (exact) mass is 262 g/mol. The highest BCUT2D eigenvalue weighted by molar-refractivity contribution is 5.76. The van der Waals surface area contributed by atoms with E-state index in [4.69, 9.17) is 4.74 Å². The standard InChI is InChI=1S/C15H22N2O2/c1-3-19-15(18)14-10-16-8-9-17(14)11-13-7-5-4-6-12(13)2/h4-7,14,16H,3,8-11H2,1-2H3. The van der Waals surface area contributed by atoms with E-state index < -0.39 is 0 Å². The molecule has 1 aliphatic rings. The molecule has 1 unspecified atom stereocenters. The molecule has 0 amide bonds. The Bertz CT molecular complexity index is 434. The van der Waals surface area contributed by atoms with Crippen molar-refractivity contribution in [1.29, 1.82) is 0 Å². The molecule has 4 heteroatoms. The summed E-state index contributed by atoms with van der Waals surface area (Å²) in [5.74, 6) is -0.122. The maximum Gasteiger partial charge on any atom is 0.324 e. The molecule has 4 nitrogen and oxygen atoms in total. The van der Waals surface area contributed by atoms with Crippen LogP contribution in [0.15, 0.2) is 24.3 Å². The summed E-state index contributed by atoms with van der Waals surface area (Å²) >= 11 is 0. The maximum atomic E-state index is 12.0. The van der Waals surface area contributed by atoms with E-state index in [9.17, 15) is 4.79 Å². The zero-order valence-corrected chi connectivity index (χ0v) is 11.7. The van der Waals surface area contributed by atoms with Crippen molar-refractivity contribution in [3.05, 3.63) is 35.4 Å². The van der Waals surface area contributed by atoms with Gasteiger partial charge in [0.2, 0.25) is 0 Å². The fourth-order valence-electron chi connectivity index (χ4n) is 2.41. The summed E-state index contributed by atoms with van der Waals surface area (Å²) in [7, 11) is 0. The van der Waals surface area contributed by atoms with E-state index in [-0.39, 0.29) is 12.0 Å². The molecule has 0 aromatic heterocycles. The summed E-state index contributed by atoms with van der Waals surface area (Å²) in [5, 5.41) is 3.26. The van der Waals surface area contributed by atoms with Gasteiger partial charge in [0.1, 0.15) is 6.04 Å². The average molecular weight is 262 g/mol. The number of hydrogen-bond donors (Lipinski definition) is 1. The largest absolute Gasteiger partial charge is 0.465 e. The fourth-order valence-corrected chi connectivity index (χ4v) is 2.41. The van der Waals surface area contributed by atoms with Crippen molar-refractivity contribution in [2.45, 2.75) is 26.4 Å². The Morgan fingerprint density at radius 2 is 2.26 bits per heavy atom. The third-order valence-corrected chi connectivity index (χ3v) is 3.55. The summed E-state index contributed by atoms with van der Waals surface area (Å²) in [6, 6.07) is 8.15. The van der Waals surface area contributed by atoms with E-state index in [2.05, 4.69) is 29.3 Å². The first-order valence-corrected chi connectivity index (χ1v) is 6.88. The first-order valence-electron chi connectivity index (χ1n) is 6.88. The van der Waals surface area contributed by atoms with E-state index in [1.165, 1.54) is 11.1 Å². The molecule has 1 N–H and O–H groups in total. The van der Waals surface area contributed by atoms with Gasteiger partial charge in [-0.2, -0.15) is 0 Å². The third kappa shape index (κ3) is 3.55. The van der Waals surface area contributed by atoms with Crippen molar-refractivity contribution >= 4 is 5.97 Å². The summed E-state index contributed by atoms with van der Waals surface area (Å²) in [5.41, 5.74) is 2.54. The van der Waals surface area contributed by atoms with E-state index in [1.54, 1.807) is 0 Å². The van der Waals surface area contributed by atoms with Gasteiger partial charge >= 0.3 is 5.97 Å². The second kappa shape index (κ2) is 6.68. The van der Waals surface area contributed by atoms with Gasteiger partial charge in [-0.1, -0.05) is 24.3 Å². The van der Waals surface area contributed by atoms with Gasteiger partial charge in [0.25, 0.3) is 0 Å². The van der Waals surface area contributed by atoms with Gasteiger partial charge in [0.15, 0.2) is 0 Å². The normalized spacial score (nSPS) is 20.2. The molecule has 0 spiro atoms. The van der Waals surface area contributed by atoms with Crippen molar-refractivity contribution in [3.63, 3.8) is 0 Å². The van der Waals surface area contributed by atoms with E-state index >= 15 is 0 Å². The molecule has 0 bridgehead atoms. The van der Waals surface area contributed by atoms with Gasteiger partial charge in [-0.05, 0) is 25.0 Å². The van der Waals surface area contributed by atoms with Crippen LogP contribution in [0.5, 0.6) is 0 Å². The topological polar surface area (TPSA) is 41.6 Å². The zero-order valence-electron chi connectivity index (χ0n) is 11.7. The number of rotatable bonds is 4. The number of carbonyl (C=O) groups excluding carboxylic acids is 1. The minimum Gasteiger partial charge on any atom is -0.465 e. The Balaban J connectivity index is 2.07. The lowest BCUT2D eigenvalue weighted by molar-refractivity contribution is -0.150. The molecular weight excluding hydrogens is 240 g/mol. The number of hydrogen-bond acceptors (Lipinski definition) is 4. The van der Waals surface area contributed by atoms with Gasteiger partial charge in [0, 0.05) is 26.2 Å². The number of piperazine rings is 1. The highest BCUT2D eigenvalue weighted by Crippen LogP contribution is 2.14. The van der Waals surface area contributed by atoms with Crippen LogP contribution in [0.4, 0.5) is 0 Å². The van der Waals surface area contributed by atoms with Crippen molar-refractivity contribution in [3.8, 4) is 0 Å². The Morgan fingerprint density at radius 1 is 1.47 bits per heavy atom. The Kier molecular flexibility index (Phi) is 4.93. The molecule has 1 aliphatic heterocycles. The molecule has 0 radical (unpaired) electrons. The Morgan fingerprint density at radius 3 is 3.00 bits per heavy atom. The van der Waals surface area contributed by atoms with Crippen molar-refractivity contribution in [1.82, 2.24) is 10.2 Å². The minimum absolute atomic E-state index is 0.122. The van der Waals surface area contributed by atoms with Crippen LogP contribution in [-0.2, 0) is 16.1 Å². The van der Waals surface area contributed by atoms with Gasteiger partial charge in [0.05, 0.1) is 6.61 Å². The first-order chi connectivity index (χ1) is 9.22. The second-order valence-corrected chi connectivity index (χ2v) is 4.87. The van der Waals surface area contributed by atoms with Crippen LogP contribution in [0, 0.1) is 6.92 Å². The zero-order chi connectivity index (χ0) is 13.7. The predicted octanol–water partition coefficient (Wildman–Crippen LogP) is 1.33. The molecule has 1 saturated heterocycles. The number of esters is 1. The lowest BCUT2D eigenvalue weighted by Gasteiger charge is -2.34. The number of carbonyl (C=O) groups is 1. The van der Waals surface area contributed by atoms with E-state index in [0.29, 0.717) is 13.2 Å². The van der Waals surface area contributed by atoms with Crippen LogP contribution >= 0.6 is 0 Å². The molecule has 1 atom stereocenters. The quantitative estimate of drug-likeness (QED) is 0.831. The smallest absolute Gasteiger partial charge is 0.324 e. The van der Waals surface area contributed by atoms with E-state index in [1.807, 2.05) is 19.1 Å². The van der Waals surface area contributed by atoms with Crippen LogP contribution in [-0.4, -0.2) is 43.2 Å². The average Bonchev–Trinajstić information content (AvgIpc) is 2.42. The van der Waals surface area contributed by atoms with Gasteiger partial charge in [-0.15, -0.1) is 0 Å². The molecule has 2 rings (SSSR count). The maximum absolute atomic E-state index is 12.0. The van der Waals surface area contributed by atoms with Crippen molar-refractivity contribution in [2.75, 3.05) is 26.2 Å². The van der Waals surface area contributed by atoms with Crippen molar-refractivity contribution < 1.29 is 9.53 Å². The molecule has 104 valence electrons. The summed E-state index contributed by atoms with van der Waals surface area (Å²) in [6.45, 7) is 7.66. The Labute approximate surface area is 114 Å². The number of benzene rings is 1. The molecule has 1 aromatic carbocycles. The lowest BCUT2D eigenvalue weighted by Crippen LogP contribution is -2.54. The summed E-state index contributed by atoms with van der Waals surface area (Å²) < 4.78 is 5.16. The van der Waals surface area contributed by atoms with Crippen molar-refractivity contribution in [2.24, 2.45) is 0 Å². The molecule has 0 aliphatic carbocycles. The lowest BCUT2D eigenvalue weighted by atomic mass is 10.1.